The van der Waals surface area contributed by atoms with Crippen molar-refractivity contribution < 1.29 is 9.90 Å². The number of benzene rings is 3. The molecule has 0 bridgehead atoms. The van der Waals surface area contributed by atoms with Crippen molar-refractivity contribution in [3.05, 3.63) is 108 Å². The molecule has 3 aromatic carbocycles. The van der Waals surface area contributed by atoms with Crippen molar-refractivity contribution in [1.29, 1.82) is 0 Å². The van der Waals surface area contributed by atoms with Gasteiger partial charge in [0.25, 0.3) is 0 Å². The molecule has 4 nitrogen and oxygen atoms in total. The van der Waals surface area contributed by atoms with Crippen molar-refractivity contribution in [2.75, 3.05) is 0 Å². The van der Waals surface area contributed by atoms with E-state index in [1.807, 2.05) is 49.4 Å². The number of rotatable bonds is 8. The largest absolute Gasteiger partial charge is 0.388 e. The maximum Gasteiger partial charge on any atom is 0.170 e. The van der Waals surface area contributed by atoms with Crippen molar-refractivity contribution in [3.8, 4) is 0 Å². The van der Waals surface area contributed by atoms with Crippen LogP contribution in [0.1, 0.15) is 69.5 Å². The highest BCUT2D eigenvalue weighted by Crippen LogP contribution is 2.50. The third kappa shape index (κ3) is 4.97. The van der Waals surface area contributed by atoms with Gasteiger partial charge in [0.05, 0.1) is 18.2 Å². The van der Waals surface area contributed by atoms with Crippen molar-refractivity contribution in [3.63, 3.8) is 0 Å². The molecule has 35 heavy (non-hydrogen) atoms. The van der Waals surface area contributed by atoms with E-state index in [1.54, 1.807) is 0 Å². The van der Waals surface area contributed by atoms with Gasteiger partial charge in [-0.25, -0.2) is 0 Å². The Bertz CT molecular complexity index is 1030. The average molecular weight is 471 g/mol. The minimum atomic E-state index is -0.849. The van der Waals surface area contributed by atoms with Gasteiger partial charge in [-0.3, -0.25) is 14.6 Å². The molecule has 1 fully saturated rings. The molecular formula is C31H38N2O2. The molecular weight excluding hydrogens is 432 g/mol. The quantitative estimate of drug-likeness (QED) is 0.428. The molecule has 4 heteroatoms. The molecule has 0 aromatic heterocycles. The number of ketones is 1. The van der Waals surface area contributed by atoms with Crippen LogP contribution < -0.4 is 0 Å². The zero-order valence-corrected chi connectivity index (χ0v) is 21.5. The minimum Gasteiger partial charge on any atom is -0.388 e. The molecule has 0 amide bonds. The van der Waals surface area contributed by atoms with E-state index in [-0.39, 0.29) is 30.0 Å². The lowest BCUT2D eigenvalue weighted by molar-refractivity contribution is -0.137. The van der Waals surface area contributed by atoms with E-state index in [0.717, 1.165) is 5.56 Å². The lowest BCUT2D eigenvalue weighted by Gasteiger charge is -2.37. The lowest BCUT2D eigenvalue weighted by atomic mass is 9.91. The first-order valence-corrected chi connectivity index (χ1v) is 12.7. The second-order valence-corrected chi connectivity index (χ2v) is 10.2. The summed E-state index contributed by atoms with van der Waals surface area (Å²) >= 11 is 0. The van der Waals surface area contributed by atoms with Crippen LogP contribution in [-0.4, -0.2) is 38.9 Å². The van der Waals surface area contributed by atoms with Crippen LogP contribution in [0.2, 0.25) is 0 Å². The Balaban J connectivity index is 1.83. The van der Waals surface area contributed by atoms with Gasteiger partial charge in [0.1, 0.15) is 6.17 Å². The molecule has 0 spiro atoms. The molecule has 1 heterocycles. The summed E-state index contributed by atoms with van der Waals surface area (Å²) in [4.78, 5) is 19.0. The second-order valence-electron chi connectivity index (χ2n) is 10.2. The first kappa shape index (κ1) is 25.3. The van der Waals surface area contributed by atoms with Gasteiger partial charge in [0, 0.05) is 18.0 Å². The van der Waals surface area contributed by atoms with Gasteiger partial charge in [0.15, 0.2) is 5.78 Å². The molecule has 184 valence electrons. The van der Waals surface area contributed by atoms with Crippen LogP contribution in [-0.2, 0) is 4.79 Å². The monoisotopic (exact) mass is 470 g/mol. The number of Topliss-reactive ketones (excluding diaryl/α,β-unsaturated/α-hetero) is 1. The average Bonchev–Trinajstić information content (AvgIpc) is 3.26. The molecule has 0 aliphatic carbocycles. The molecule has 4 rings (SSSR count). The van der Waals surface area contributed by atoms with Crippen LogP contribution in [0, 0.1) is 5.92 Å². The molecule has 3 aromatic rings. The predicted octanol–water partition coefficient (Wildman–Crippen LogP) is 6.17. The number of carbonyl (C=O) groups is 1. The molecule has 0 saturated carbocycles. The SMILES string of the molecule is CC(C)N1C(C(=O)[C@@H](C)[C@H](O)c2ccccc2)N(C(C)C)[C@H](c2ccccc2)[C@H]1c1ccccc1. The summed E-state index contributed by atoms with van der Waals surface area (Å²) in [5.41, 5.74) is 3.18. The molecule has 0 radical (unpaired) electrons. The highest BCUT2D eigenvalue weighted by atomic mass is 16.3. The van der Waals surface area contributed by atoms with Crippen LogP contribution in [0.15, 0.2) is 91.0 Å². The highest BCUT2D eigenvalue weighted by Gasteiger charge is 2.53. The summed E-state index contributed by atoms with van der Waals surface area (Å²) in [6.07, 6.45) is -1.29. The summed E-state index contributed by atoms with van der Waals surface area (Å²) < 4.78 is 0. The van der Waals surface area contributed by atoms with E-state index in [1.165, 1.54) is 11.1 Å². The topological polar surface area (TPSA) is 43.8 Å². The fraction of sp³-hybridized carbons (Fsp3) is 0.387. The smallest absolute Gasteiger partial charge is 0.170 e. The summed E-state index contributed by atoms with van der Waals surface area (Å²) in [6.45, 7) is 10.5. The van der Waals surface area contributed by atoms with Gasteiger partial charge < -0.3 is 5.11 Å². The zero-order valence-electron chi connectivity index (χ0n) is 21.5. The Morgan fingerprint density at radius 3 is 1.40 bits per heavy atom. The van der Waals surface area contributed by atoms with E-state index in [9.17, 15) is 9.90 Å². The predicted molar refractivity (Wildman–Crippen MR) is 142 cm³/mol. The van der Waals surface area contributed by atoms with Crippen LogP contribution in [0.4, 0.5) is 0 Å². The van der Waals surface area contributed by atoms with Crippen LogP contribution in [0.5, 0.6) is 0 Å². The standard InChI is InChI=1S/C31H38N2O2/c1-21(2)32-27(24-15-9-6-10-16-24)28(25-17-11-7-12-18-25)33(22(3)4)31(32)30(35)23(5)29(34)26-19-13-8-14-20-26/h6-23,27-29,31,34H,1-5H3/t23-,27+,28+,29-/m0/s1. The second kappa shape index (κ2) is 10.9. The maximum absolute atomic E-state index is 14.3. The summed E-state index contributed by atoms with van der Waals surface area (Å²) in [6, 6.07) is 30.9. The van der Waals surface area contributed by atoms with Crippen molar-refractivity contribution in [2.24, 2.45) is 5.92 Å². The third-order valence-corrected chi connectivity index (χ3v) is 7.30. The number of hydrogen-bond acceptors (Lipinski definition) is 4. The lowest BCUT2D eigenvalue weighted by Crippen LogP contribution is -2.52. The van der Waals surface area contributed by atoms with Crippen LogP contribution >= 0.6 is 0 Å². The van der Waals surface area contributed by atoms with Crippen molar-refractivity contribution in [2.45, 2.75) is 71.1 Å². The number of carbonyl (C=O) groups excluding carboxylic acids is 1. The van der Waals surface area contributed by atoms with E-state index >= 15 is 0 Å². The van der Waals surface area contributed by atoms with E-state index in [2.05, 4.69) is 86.0 Å². The molecule has 1 N–H and O–H groups in total. The molecule has 0 unspecified atom stereocenters. The molecule has 4 atom stereocenters. The Kier molecular flexibility index (Phi) is 7.85. The number of nitrogens with zero attached hydrogens (tertiary/aromatic N) is 2. The Morgan fingerprint density at radius 1 is 0.657 bits per heavy atom. The van der Waals surface area contributed by atoms with E-state index < -0.39 is 18.2 Å². The van der Waals surface area contributed by atoms with Gasteiger partial charge in [-0.2, -0.15) is 0 Å². The fourth-order valence-corrected chi connectivity index (χ4v) is 5.62. The summed E-state index contributed by atoms with van der Waals surface area (Å²) in [5.74, 6) is -0.487. The van der Waals surface area contributed by atoms with Crippen LogP contribution in [0.3, 0.4) is 0 Å². The molecule has 1 saturated heterocycles. The zero-order chi connectivity index (χ0) is 25.1. The highest BCUT2D eigenvalue weighted by molar-refractivity contribution is 5.87. The number of aliphatic hydroxyl groups excluding tert-OH is 1. The summed E-state index contributed by atoms with van der Waals surface area (Å²) in [7, 11) is 0. The van der Waals surface area contributed by atoms with Gasteiger partial charge in [-0.15, -0.1) is 0 Å². The third-order valence-electron chi connectivity index (χ3n) is 7.30. The van der Waals surface area contributed by atoms with Crippen molar-refractivity contribution in [1.82, 2.24) is 9.80 Å². The maximum atomic E-state index is 14.3. The fourth-order valence-electron chi connectivity index (χ4n) is 5.62. The van der Waals surface area contributed by atoms with Gasteiger partial charge >= 0.3 is 0 Å². The normalized spacial score (nSPS) is 21.5. The Morgan fingerprint density at radius 2 is 1.03 bits per heavy atom. The van der Waals surface area contributed by atoms with E-state index in [0.29, 0.717) is 0 Å². The number of aliphatic hydroxyl groups is 1. The molecule has 1 aliphatic rings. The molecule has 1 aliphatic heterocycles. The van der Waals surface area contributed by atoms with Gasteiger partial charge in [-0.1, -0.05) is 97.9 Å². The first-order valence-electron chi connectivity index (χ1n) is 12.7. The Hall–Kier alpha value is -2.79. The first-order chi connectivity index (χ1) is 16.8. The number of hydrogen-bond donors (Lipinski definition) is 1. The summed E-state index contributed by atoms with van der Waals surface area (Å²) in [5, 5.41) is 11.2. The van der Waals surface area contributed by atoms with Crippen LogP contribution in [0.25, 0.3) is 0 Å². The van der Waals surface area contributed by atoms with Gasteiger partial charge in [0.2, 0.25) is 0 Å². The minimum absolute atomic E-state index is 0.0102. The van der Waals surface area contributed by atoms with E-state index in [4.69, 9.17) is 0 Å². The van der Waals surface area contributed by atoms with Gasteiger partial charge in [-0.05, 0) is 44.4 Å². The van der Waals surface area contributed by atoms with Crippen molar-refractivity contribution >= 4 is 5.78 Å². The Labute approximate surface area is 210 Å².